The van der Waals surface area contributed by atoms with Crippen molar-refractivity contribution >= 4 is 27.6 Å². The number of hydrogen-bond acceptors (Lipinski definition) is 6. The Morgan fingerprint density at radius 2 is 2.14 bits per heavy atom. The van der Waals surface area contributed by atoms with Gasteiger partial charge in [-0.15, -0.1) is 0 Å². The molecule has 0 radical (unpaired) electrons. The van der Waals surface area contributed by atoms with Crippen molar-refractivity contribution in [3.63, 3.8) is 0 Å². The second-order valence-electron chi connectivity index (χ2n) is 3.93. The predicted octanol–water partition coefficient (Wildman–Crippen LogP) is 0.552. The molecule has 0 saturated heterocycles. The van der Waals surface area contributed by atoms with E-state index in [1.54, 1.807) is 0 Å². The number of carbonyl (C=O) groups is 1. The van der Waals surface area contributed by atoms with Gasteiger partial charge in [0.25, 0.3) is 0 Å². The molecule has 1 aromatic carbocycles. The summed E-state index contributed by atoms with van der Waals surface area (Å²) in [5, 5.41) is 8.69. The number of hydrogen-bond donors (Lipinski definition) is 2. The first-order chi connectivity index (χ1) is 9.90. The van der Waals surface area contributed by atoms with Gasteiger partial charge in [-0.1, -0.05) is 11.6 Å². The molecule has 0 bridgehead atoms. The van der Waals surface area contributed by atoms with E-state index in [0.29, 0.717) is 6.42 Å². The SMILES string of the molecule is COC(=O)COc1ccc(S(=O)(=O)NCCCO)cc1Cl. The Bertz CT molecular complexity index is 589. The highest BCUT2D eigenvalue weighted by Gasteiger charge is 2.16. The minimum Gasteiger partial charge on any atom is -0.480 e. The fourth-order valence-electron chi connectivity index (χ4n) is 1.33. The van der Waals surface area contributed by atoms with E-state index in [1.807, 2.05) is 0 Å². The summed E-state index contributed by atoms with van der Waals surface area (Å²) in [6, 6.07) is 3.88. The number of carbonyl (C=O) groups excluding carboxylic acids is 1. The van der Waals surface area contributed by atoms with Crippen molar-refractivity contribution < 1.29 is 27.8 Å². The summed E-state index contributed by atoms with van der Waals surface area (Å²) in [7, 11) is -2.48. The van der Waals surface area contributed by atoms with E-state index in [9.17, 15) is 13.2 Å². The van der Waals surface area contributed by atoms with Crippen LogP contribution in [0.1, 0.15) is 6.42 Å². The third-order valence-corrected chi connectivity index (χ3v) is 4.17. The predicted molar refractivity (Wildman–Crippen MR) is 75.9 cm³/mol. The third kappa shape index (κ3) is 5.50. The van der Waals surface area contributed by atoms with Crippen LogP contribution < -0.4 is 9.46 Å². The molecule has 21 heavy (non-hydrogen) atoms. The molecule has 0 aliphatic carbocycles. The molecule has 0 aromatic heterocycles. The Balaban J connectivity index is 2.79. The molecule has 9 heteroatoms. The fourth-order valence-corrected chi connectivity index (χ4v) is 2.73. The second-order valence-corrected chi connectivity index (χ2v) is 6.11. The minimum atomic E-state index is -3.70. The van der Waals surface area contributed by atoms with E-state index in [0.717, 1.165) is 0 Å². The monoisotopic (exact) mass is 337 g/mol. The highest BCUT2D eigenvalue weighted by atomic mass is 35.5. The zero-order valence-corrected chi connectivity index (χ0v) is 12.9. The fraction of sp³-hybridized carbons (Fsp3) is 0.417. The van der Waals surface area contributed by atoms with Crippen LogP contribution in [-0.4, -0.2) is 46.4 Å². The maximum Gasteiger partial charge on any atom is 0.343 e. The molecule has 1 aromatic rings. The lowest BCUT2D eigenvalue weighted by atomic mass is 10.3. The first-order valence-corrected chi connectivity index (χ1v) is 7.86. The molecule has 0 amide bonds. The van der Waals surface area contributed by atoms with Gasteiger partial charge in [-0.25, -0.2) is 17.9 Å². The molecule has 0 aliphatic heterocycles. The lowest BCUT2D eigenvalue weighted by Crippen LogP contribution is -2.25. The second kappa shape index (κ2) is 8.18. The number of aliphatic hydroxyl groups is 1. The normalized spacial score (nSPS) is 11.2. The number of aliphatic hydroxyl groups excluding tert-OH is 1. The molecule has 1 rings (SSSR count). The number of benzene rings is 1. The lowest BCUT2D eigenvalue weighted by molar-refractivity contribution is -0.142. The lowest BCUT2D eigenvalue weighted by Gasteiger charge is -2.10. The molecule has 0 heterocycles. The smallest absolute Gasteiger partial charge is 0.343 e. The van der Waals surface area contributed by atoms with Crippen LogP contribution in [0.3, 0.4) is 0 Å². The molecule has 2 N–H and O–H groups in total. The Hall–Kier alpha value is -1.35. The number of esters is 1. The Kier molecular flexibility index (Phi) is 6.90. The first-order valence-electron chi connectivity index (χ1n) is 6.00. The Morgan fingerprint density at radius 3 is 2.71 bits per heavy atom. The molecular weight excluding hydrogens is 322 g/mol. The first kappa shape index (κ1) is 17.7. The summed E-state index contributed by atoms with van der Waals surface area (Å²) < 4.78 is 35.7. The Morgan fingerprint density at radius 1 is 1.43 bits per heavy atom. The van der Waals surface area contributed by atoms with Crippen LogP contribution >= 0.6 is 11.6 Å². The number of rotatable bonds is 8. The molecule has 7 nitrogen and oxygen atoms in total. The van der Waals surface area contributed by atoms with Crippen molar-refractivity contribution in [2.24, 2.45) is 0 Å². The molecule has 0 aliphatic rings. The van der Waals surface area contributed by atoms with E-state index < -0.39 is 16.0 Å². The van der Waals surface area contributed by atoms with E-state index in [2.05, 4.69) is 9.46 Å². The van der Waals surface area contributed by atoms with Crippen LogP contribution in [0, 0.1) is 0 Å². The van der Waals surface area contributed by atoms with E-state index in [1.165, 1.54) is 25.3 Å². The largest absolute Gasteiger partial charge is 0.480 e. The maximum atomic E-state index is 11.9. The number of ether oxygens (including phenoxy) is 2. The summed E-state index contributed by atoms with van der Waals surface area (Å²) in [5.74, 6) is -0.398. The molecule has 118 valence electrons. The van der Waals surface area contributed by atoms with Crippen LogP contribution in [0.4, 0.5) is 0 Å². The van der Waals surface area contributed by atoms with Gasteiger partial charge in [0.2, 0.25) is 10.0 Å². The van der Waals surface area contributed by atoms with E-state index >= 15 is 0 Å². The van der Waals surface area contributed by atoms with Crippen LogP contribution in [0.5, 0.6) is 5.75 Å². The van der Waals surface area contributed by atoms with Crippen LogP contribution in [0.15, 0.2) is 23.1 Å². The summed E-state index contributed by atoms with van der Waals surface area (Å²) in [6.07, 6.45) is 0.313. The molecule has 0 saturated carbocycles. The summed E-state index contributed by atoms with van der Waals surface area (Å²) in [5.41, 5.74) is 0. The molecular formula is C12H16ClNO6S. The Labute approximate surface area is 127 Å². The number of methoxy groups -OCH3 is 1. The van der Waals surface area contributed by atoms with Crippen LogP contribution in [0.2, 0.25) is 5.02 Å². The number of halogens is 1. The van der Waals surface area contributed by atoms with E-state index in [4.69, 9.17) is 21.4 Å². The zero-order valence-electron chi connectivity index (χ0n) is 11.3. The number of sulfonamides is 1. The van der Waals surface area contributed by atoms with Gasteiger partial charge >= 0.3 is 5.97 Å². The minimum absolute atomic E-state index is 0.0316. The van der Waals surface area contributed by atoms with Crippen molar-refractivity contribution in [2.45, 2.75) is 11.3 Å². The van der Waals surface area contributed by atoms with Crippen molar-refractivity contribution in [2.75, 3.05) is 26.9 Å². The van der Waals surface area contributed by atoms with Gasteiger partial charge in [-0.05, 0) is 24.6 Å². The van der Waals surface area contributed by atoms with Gasteiger partial charge in [-0.3, -0.25) is 0 Å². The average Bonchev–Trinajstić information content (AvgIpc) is 2.45. The average molecular weight is 338 g/mol. The van der Waals surface area contributed by atoms with Gasteiger partial charge in [0, 0.05) is 13.2 Å². The van der Waals surface area contributed by atoms with Crippen LogP contribution in [0.25, 0.3) is 0 Å². The van der Waals surface area contributed by atoms with Gasteiger partial charge in [0.15, 0.2) is 6.61 Å². The van der Waals surface area contributed by atoms with Crippen molar-refractivity contribution in [3.8, 4) is 5.75 Å². The van der Waals surface area contributed by atoms with Gasteiger partial charge in [0.05, 0.1) is 17.0 Å². The maximum absolute atomic E-state index is 11.9. The summed E-state index contributed by atoms with van der Waals surface area (Å²) in [4.78, 5) is 10.9. The van der Waals surface area contributed by atoms with Gasteiger partial charge in [0.1, 0.15) is 5.75 Å². The van der Waals surface area contributed by atoms with Gasteiger partial charge < -0.3 is 14.6 Å². The van der Waals surface area contributed by atoms with Gasteiger partial charge in [-0.2, -0.15) is 0 Å². The van der Waals surface area contributed by atoms with Crippen molar-refractivity contribution in [1.82, 2.24) is 4.72 Å². The third-order valence-electron chi connectivity index (χ3n) is 2.41. The zero-order chi connectivity index (χ0) is 15.9. The van der Waals surface area contributed by atoms with Crippen LogP contribution in [-0.2, 0) is 19.6 Å². The topological polar surface area (TPSA) is 102 Å². The standard InChI is InChI=1S/C12H16ClNO6S/c1-19-12(16)8-20-11-4-3-9(7-10(11)13)21(17,18)14-5-2-6-15/h3-4,7,14-15H,2,5-6,8H2,1H3. The van der Waals surface area contributed by atoms with Crippen molar-refractivity contribution in [3.05, 3.63) is 23.2 Å². The molecule has 0 spiro atoms. The molecule has 0 atom stereocenters. The molecule has 0 unspecified atom stereocenters. The molecule has 0 fully saturated rings. The highest BCUT2D eigenvalue weighted by Crippen LogP contribution is 2.27. The highest BCUT2D eigenvalue weighted by molar-refractivity contribution is 7.89. The summed E-state index contributed by atoms with van der Waals surface area (Å²) >= 11 is 5.91. The summed E-state index contributed by atoms with van der Waals surface area (Å²) in [6.45, 7) is -0.308. The van der Waals surface area contributed by atoms with Crippen molar-refractivity contribution in [1.29, 1.82) is 0 Å². The number of nitrogens with one attached hydrogen (secondary N) is 1. The van der Waals surface area contributed by atoms with E-state index in [-0.39, 0.29) is 35.4 Å². The quantitative estimate of drug-likeness (QED) is 0.530.